The Hall–Kier alpha value is -2.73. The summed E-state index contributed by atoms with van der Waals surface area (Å²) >= 11 is 1.39. The predicted molar refractivity (Wildman–Crippen MR) is 87.9 cm³/mol. The van der Waals surface area contributed by atoms with Gasteiger partial charge >= 0.3 is 0 Å². The highest BCUT2D eigenvalue weighted by atomic mass is 32.1. The summed E-state index contributed by atoms with van der Waals surface area (Å²) in [5.74, 6) is -0.421. The van der Waals surface area contributed by atoms with Gasteiger partial charge in [0.2, 0.25) is 0 Å². The van der Waals surface area contributed by atoms with Crippen LogP contribution in [0.15, 0.2) is 65.4 Å². The van der Waals surface area contributed by atoms with Crippen molar-refractivity contribution in [2.75, 3.05) is 0 Å². The van der Waals surface area contributed by atoms with Crippen LogP contribution in [0.2, 0.25) is 0 Å². The van der Waals surface area contributed by atoms with Gasteiger partial charge in [-0.1, -0.05) is 29.8 Å². The highest BCUT2D eigenvalue weighted by Crippen LogP contribution is 2.05. The van der Waals surface area contributed by atoms with Crippen molar-refractivity contribution in [1.82, 2.24) is 4.57 Å². The number of hydrogen-bond acceptors (Lipinski definition) is 3. The molecule has 0 bridgehead atoms. The second-order valence-electron chi connectivity index (χ2n) is 5.17. The number of aromatic nitrogens is 2. The number of carbonyl (C=O) groups excluding carboxylic acids is 1. The van der Waals surface area contributed by atoms with Gasteiger partial charge < -0.3 is 9.77 Å². The van der Waals surface area contributed by atoms with Gasteiger partial charge in [0.25, 0.3) is 5.91 Å². The molecule has 2 heterocycles. The van der Waals surface area contributed by atoms with Crippen LogP contribution >= 0.6 is 11.3 Å². The van der Waals surface area contributed by atoms with Gasteiger partial charge in [-0.15, -0.1) is 11.3 Å². The SMILES string of the molecule is Cc1ccc(Cn2ccsc2=NC(=O)c2ccc[n+]([O-])c2)cc1. The summed E-state index contributed by atoms with van der Waals surface area (Å²) in [5, 5.41) is 13.1. The molecule has 0 saturated heterocycles. The number of amides is 1. The van der Waals surface area contributed by atoms with E-state index in [-0.39, 0.29) is 5.56 Å². The number of aryl methyl sites for hydroxylation is 1. The quantitative estimate of drug-likeness (QED) is 0.548. The molecule has 0 aliphatic rings. The normalized spacial score (nSPS) is 11.6. The molecule has 6 heteroatoms. The lowest BCUT2D eigenvalue weighted by molar-refractivity contribution is -0.605. The third-order valence-electron chi connectivity index (χ3n) is 3.35. The zero-order valence-corrected chi connectivity index (χ0v) is 13.4. The molecule has 2 aromatic heterocycles. The Labute approximate surface area is 137 Å². The summed E-state index contributed by atoms with van der Waals surface area (Å²) in [6.45, 7) is 2.69. The Balaban J connectivity index is 1.88. The van der Waals surface area contributed by atoms with E-state index in [0.29, 0.717) is 16.1 Å². The molecule has 5 nitrogen and oxygen atoms in total. The summed E-state index contributed by atoms with van der Waals surface area (Å²) in [5.41, 5.74) is 2.62. The number of benzene rings is 1. The van der Waals surface area contributed by atoms with Crippen LogP contribution in [-0.2, 0) is 6.54 Å². The molecule has 116 valence electrons. The van der Waals surface area contributed by atoms with E-state index in [1.165, 1.54) is 35.4 Å². The Kier molecular flexibility index (Phi) is 4.34. The van der Waals surface area contributed by atoms with Crippen molar-refractivity contribution in [2.45, 2.75) is 13.5 Å². The second kappa shape index (κ2) is 6.58. The third kappa shape index (κ3) is 3.73. The summed E-state index contributed by atoms with van der Waals surface area (Å²) in [6, 6.07) is 11.3. The molecule has 0 saturated carbocycles. The van der Waals surface area contributed by atoms with E-state index >= 15 is 0 Å². The fraction of sp³-hybridized carbons (Fsp3) is 0.118. The average molecular weight is 325 g/mol. The molecule has 0 fully saturated rings. The second-order valence-corrected chi connectivity index (χ2v) is 6.04. The summed E-state index contributed by atoms with van der Waals surface area (Å²) in [7, 11) is 0. The standard InChI is InChI=1S/C17H15N3O2S/c1-13-4-6-14(7-5-13)11-19-9-10-23-17(19)18-16(21)15-3-2-8-20(22)12-15/h2-10,12H,11H2,1H3. The van der Waals surface area contributed by atoms with E-state index in [2.05, 4.69) is 29.3 Å². The number of hydrogen-bond donors (Lipinski definition) is 0. The van der Waals surface area contributed by atoms with Gasteiger partial charge in [0.05, 0.1) is 0 Å². The molecule has 0 unspecified atom stereocenters. The molecule has 3 aromatic rings. The highest BCUT2D eigenvalue weighted by Gasteiger charge is 2.08. The zero-order chi connectivity index (χ0) is 16.2. The van der Waals surface area contributed by atoms with Crippen molar-refractivity contribution in [1.29, 1.82) is 0 Å². The number of pyridine rings is 1. The first kappa shape index (κ1) is 15.2. The van der Waals surface area contributed by atoms with Gasteiger partial charge in [0, 0.05) is 24.2 Å². The molecule has 1 aromatic carbocycles. The van der Waals surface area contributed by atoms with Crippen molar-refractivity contribution >= 4 is 17.2 Å². The maximum Gasteiger partial charge on any atom is 0.285 e. The van der Waals surface area contributed by atoms with Crippen LogP contribution in [0.5, 0.6) is 0 Å². The van der Waals surface area contributed by atoms with Gasteiger partial charge in [-0.25, -0.2) is 0 Å². The maximum atomic E-state index is 12.2. The van der Waals surface area contributed by atoms with E-state index in [1.807, 2.05) is 23.1 Å². The van der Waals surface area contributed by atoms with E-state index < -0.39 is 5.91 Å². The summed E-state index contributed by atoms with van der Waals surface area (Å²) in [4.78, 5) is 16.9. The molecule has 1 amide bonds. The fourth-order valence-corrected chi connectivity index (χ4v) is 2.86. The summed E-state index contributed by atoms with van der Waals surface area (Å²) < 4.78 is 2.51. The van der Waals surface area contributed by atoms with Crippen LogP contribution in [0.4, 0.5) is 0 Å². The smallest absolute Gasteiger partial charge is 0.285 e. The highest BCUT2D eigenvalue weighted by molar-refractivity contribution is 7.07. The minimum absolute atomic E-state index is 0.276. The predicted octanol–water partition coefficient (Wildman–Crippen LogP) is 2.28. The van der Waals surface area contributed by atoms with Crippen LogP contribution in [0, 0.1) is 12.1 Å². The Bertz CT molecular complexity index is 894. The largest absolute Gasteiger partial charge is 0.619 e. The number of nitrogens with zero attached hydrogens (tertiary/aromatic N) is 3. The Morgan fingerprint density at radius 1 is 1.30 bits per heavy atom. The molecule has 23 heavy (non-hydrogen) atoms. The lowest BCUT2D eigenvalue weighted by Crippen LogP contribution is -2.26. The summed E-state index contributed by atoms with van der Waals surface area (Å²) in [6.07, 6.45) is 4.46. The fourth-order valence-electron chi connectivity index (χ4n) is 2.13. The molecule has 0 radical (unpaired) electrons. The topological polar surface area (TPSA) is 61.3 Å². The minimum Gasteiger partial charge on any atom is -0.619 e. The van der Waals surface area contributed by atoms with Crippen molar-refractivity contribution in [2.24, 2.45) is 4.99 Å². The van der Waals surface area contributed by atoms with E-state index in [9.17, 15) is 10.0 Å². The monoisotopic (exact) mass is 325 g/mol. The number of rotatable bonds is 3. The molecular formula is C17H15N3O2S. The van der Waals surface area contributed by atoms with Crippen molar-refractivity contribution in [3.05, 3.63) is 87.1 Å². The lowest BCUT2D eigenvalue weighted by Gasteiger charge is -2.03. The van der Waals surface area contributed by atoms with Crippen molar-refractivity contribution in [3.63, 3.8) is 0 Å². The minimum atomic E-state index is -0.421. The van der Waals surface area contributed by atoms with E-state index in [1.54, 1.807) is 6.07 Å². The van der Waals surface area contributed by atoms with E-state index in [4.69, 9.17) is 0 Å². The molecular weight excluding hydrogens is 310 g/mol. The van der Waals surface area contributed by atoms with Gasteiger partial charge in [0.15, 0.2) is 17.2 Å². The van der Waals surface area contributed by atoms with Gasteiger partial charge in [-0.05, 0) is 18.6 Å². The van der Waals surface area contributed by atoms with Crippen LogP contribution in [0.3, 0.4) is 0 Å². The zero-order valence-electron chi connectivity index (χ0n) is 12.5. The van der Waals surface area contributed by atoms with Gasteiger partial charge in [0.1, 0.15) is 5.56 Å². The van der Waals surface area contributed by atoms with Gasteiger partial charge in [-0.2, -0.15) is 9.72 Å². The first-order valence-corrected chi connectivity index (χ1v) is 7.97. The first-order valence-electron chi connectivity index (χ1n) is 7.09. The van der Waals surface area contributed by atoms with Crippen LogP contribution in [0.1, 0.15) is 21.5 Å². The molecule has 0 N–H and O–H groups in total. The molecule has 0 spiro atoms. The third-order valence-corrected chi connectivity index (χ3v) is 4.15. The van der Waals surface area contributed by atoms with Crippen molar-refractivity contribution < 1.29 is 9.52 Å². The lowest BCUT2D eigenvalue weighted by atomic mass is 10.1. The Morgan fingerprint density at radius 3 is 2.83 bits per heavy atom. The van der Waals surface area contributed by atoms with Crippen molar-refractivity contribution in [3.8, 4) is 0 Å². The van der Waals surface area contributed by atoms with E-state index in [0.717, 1.165) is 5.56 Å². The number of thiazole rings is 1. The average Bonchev–Trinajstić information content (AvgIpc) is 2.96. The molecule has 0 aliphatic heterocycles. The van der Waals surface area contributed by atoms with Crippen LogP contribution in [-0.4, -0.2) is 10.5 Å². The van der Waals surface area contributed by atoms with Crippen LogP contribution < -0.4 is 9.53 Å². The van der Waals surface area contributed by atoms with Gasteiger partial charge in [-0.3, -0.25) is 4.79 Å². The molecule has 0 atom stereocenters. The Morgan fingerprint density at radius 2 is 2.09 bits per heavy atom. The first-order chi connectivity index (χ1) is 11.1. The van der Waals surface area contributed by atoms with Crippen LogP contribution in [0.25, 0.3) is 0 Å². The maximum absolute atomic E-state index is 12.2. The molecule has 0 aliphatic carbocycles. The molecule has 3 rings (SSSR count). The number of carbonyl (C=O) groups is 1.